The van der Waals surface area contributed by atoms with Crippen molar-refractivity contribution in [1.29, 1.82) is 0 Å². The predicted molar refractivity (Wildman–Crippen MR) is 115 cm³/mol. The Balaban J connectivity index is 1.43. The van der Waals surface area contributed by atoms with E-state index in [1.165, 1.54) is 23.5 Å². The number of benzene rings is 2. The molecule has 1 aliphatic carbocycles. The van der Waals surface area contributed by atoms with Crippen molar-refractivity contribution < 1.29 is 14.0 Å². The van der Waals surface area contributed by atoms with Crippen molar-refractivity contribution in [3.8, 4) is 10.6 Å². The van der Waals surface area contributed by atoms with E-state index >= 15 is 0 Å². The van der Waals surface area contributed by atoms with E-state index in [1.807, 2.05) is 12.1 Å². The standard InChI is InChI=1S/C23H22FN3O2S/c1-14-20(30-22(25-14)17-7-9-18(24)10-8-17)23(29)27(2)13-15-3-5-16(6-4-15)21(28)26-19-11-12-19/h3-10,19H,11-13H2,1-2H3,(H,26,28). The van der Waals surface area contributed by atoms with Crippen molar-refractivity contribution in [2.24, 2.45) is 0 Å². The molecule has 0 bridgehead atoms. The highest BCUT2D eigenvalue weighted by atomic mass is 32.1. The molecule has 0 unspecified atom stereocenters. The van der Waals surface area contributed by atoms with Crippen LogP contribution in [0.2, 0.25) is 0 Å². The number of amides is 2. The van der Waals surface area contributed by atoms with Gasteiger partial charge in [0.05, 0.1) is 5.69 Å². The van der Waals surface area contributed by atoms with E-state index in [1.54, 1.807) is 43.1 Å². The lowest BCUT2D eigenvalue weighted by Crippen LogP contribution is -2.26. The Kier molecular flexibility index (Phi) is 5.63. The van der Waals surface area contributed by atoms with Gasteiger partial charge in [-0.2, -0.15) is 0 Å². The van der Waals surface area contributed by atoms with Gasteiger partial charge in [0, 0.05) is 30.8 Å². The number of thiazole rings is 1. The van der Waals surface area contributed by atoms with Crippen molar-refractivity contribution in [2.45, 2.75) is 32.4 Å². The molecule has 0 atom stereocenters. The number of carbonyl (C=O) groups excluding carboxylic acids is 2. The molecule has 154 valence electrons. The van der Waals surface area contributed by atoms with Crippen LogP contribution < -0.4 is 5.32 Å². The van der Waals surface area contributed by atoms with E-state index in [0.29, 0.717) is 33.7 Å². The van der Waals surface area contributed by atoms with E-state index < -0.39 is 0 Å². The largest absolute Gasteiger partial charge is 0.349 e. The number of aryl methyl sites for hydroxylation is 1. The number of aromatic nitrogens is 1. The Morgan fingerprint density at radius 3 is 2.43 bits per heavy atom. The predicted octanol–water partition coefficient (Wildman–Crippen LogP) is 4.42. The molecule has 5 nitrogen and oxygen atoms in total. The van der Waals surface area contributed by atoms with Gasteiger partial charge in [0.1, 0.15) is 15.7 Å². The maximum absolute atomic E-state index is 13.2. The molecule has 30 heavy (non-hydrogen) atoms. The van der Waals surface area contributed by atoms with E-state index in [-0.39, 0.29) is 17.6 Å². The fraction of sp³-hybridized carbons (Fsp3) is 0.261. The monoisotopic (exact) mass is 423 g/mol. The van der Waals surface area contributed by atoms with Gasteiger partial charge in [-0.1, -0.05) is 12.1 Å². The molecule has 7 heteroatoms. The third-order valence-electron chi connectivity index (χ3n) is 4.98. The lowest BCUT2D eigenvalue weighted by Gasteiger charge is -2.17. The first-order valence-electron chi connectivity index (χ1n) is 9.79. The molecule has 2 amide bonds. The van der Waals surface area contributed by atoms with Crippen LogP contribution in [-0.4, -0.2) is 34.8 Å². The molecule has 1 N–H and O–H groups in total. The molecule has 4 rings (SSSR count). The molecule has 0 aliphatic heterocycles. The SMILES string of the molecule is Cc1nc(-c2ccc(F)cc2)sc1C(=O)N(C)Cc1ccc(C(=O)NC2CC2)cc1. The fourth-order valence-electron chi connectivity index (χ4n) is 3.09. The maximum atomic E-state index is 13.2. The van der Waals surface area contributed by atoms with Crippen LogP contribution in [0.15, 0.2) is 48.5 Å². The molecule has 0 saturated heterocycles. The Morgan fingerprint density at radius 1 is 1.13 bits per heavy atom. The minimum atomic E-state index is -0.306. The second kappa shape index (κ2) is 8.36. The molecule has 1 aliphatic rings. The van der Waals surface area contributed by atoms with Crippen molar-refractivity contribution in [2.75, 3.05) is 7.05 Å². The molecule has 1 saturated carbocycles. The molecule has 3 aromatic rings. The summed E-state index contributed by atoms with van der Waals surface area (Å²) in [7, 11) is 1.74. The summed E-state index contributed by atoms with van der Waals surface area (Å²) in [6.07, 6.45) is 2.10. The van der Waals surface area contributed by atoms with E-state index in [4.69, 9.17) is 0 Å². The fourth-order valence-corrected chi connectivity index (χ4v) is 4.15. The number of rotatable bonds is 6. The van der Waals surface area contributed by atoms with Gasteiger partial charge in [-0.3, -0.25) is 9.59 Å². The van der Waals surface area contributed by atoms with Crippen LogP contribution >= 0.6 is 11.3 Å². The highest BCUT2D eigenvalue weighted by molar-refractivity contribution is 7.17. The molecule has 0 radical (unpaired) electrons. The van der Waals surface area contributed by atoms with Gasteiger partial charge in [0.25, 0.3) is 11.8 Å². The average molecular weight is 424 g/mol. The Morgan fingerprint density at radius 2 is 1.80 bits per heavy atom. The van der Waals surface area contributed by atoms with Gasteiger partial charge in [0.15, 0.2) is 0 Å². The normalized spacial score (nSPS) is 13.2. The summed E-state index contributed by atoms with van der Waals surface area (Å²) in [5.74, 6) is -0.477. The zero-order valence-electron chi connectivity index (χ0n) is 16.8. The zero-order chi connectivity index (χ0) is 21.3. The third-order valence-corrected chi connectivity index (χ3v) is 6.17. The smallest absolute Gasteiger partial charge is 0.265 e. The molecular weight excluding hydrogens is 401 g/mol. The molecule has 0 spiro atoms. The summed E-state index contributed by atoms with van der Waals surface area (Å²) in [5.41, 5.74) is 3.01. The zero-order valence-corrected chi connectivity index (χ0v) is 17.6. The van der Waals surface area contributed by atoms with E-state index in [2.05, 4.69) is 10.3 Å². The second-order valence-electron chi connectivity index (χ2n) is 7.55. The number of halogens is 1. The van der Waals surface area contributed by atoms with Gasteiger partial charge in [-0.25, -0.2) is 9.37 Å². The Bertz CT molecular complexity index is 1070. The van der Waals surface area contributed by atoms with Crippen LogP contribution in [0.5, 0.6) is 0 Å². The quantitative estimate of drug-likeness (QED) is 0.638. The van der Waals surface area contributed by atoms with Crippen LogP contribution in [-0.2, 0) is 6.54 Å². The summed E-state index contributed by atoms with van der Waals surface area (Å²) in [4.78, 5) is 31.7. The first-order chi connectivity index (χ1) is 14.4. The lowest BCUT2D eigenvalue weighted by atomic mass is 10.1. The van der Waals surface area contributed by atoms with Crippen LogP contribution in [0.3, 0.4) is 0 Å². The number of hydrogen-bond acceptors (Lipinski definition) is 4. The minimum Gasteiger partial charge on any atom is -0.349 e. The first kappa shape index (κ1) is 20.2. The number of nitrogens with one attached hydrogen (secondary N) is 1. The third kappa shape index (κ3) is 4.57. The highest BCUT2D eigenvalue weighted by Gasteiger charge is 2.24. The molecule has 2 aromatic carbocycles. The molecule has 1 fully saturated rings. The molecular formula is C23H22FN3O2S. The van der Waals surface area contributed by atoms with Crippen molar-refractivity contribution in [3.63, 3.8) is 0 Å². The maximum Gasteiger partial charge on any atom is 0.265 e. The van der Waals surface area contributed by atoms with Crippen LogP contribution in [0.1, 0.15) is 44.1 Å². The summed E-state index contributed by atoms with van der Waals surface area (Å²) in [6.45, 7) is 2.23. The summed E-state index contributed by atoms with van der Waals surface area (Å²) >= 11 is 1.31. The first-order valence-corrected chi connectivity index (χ1v) is 10.6. The van der Waals surface area contributed by atoms with Gasteiger partial charge < -0.3 is 10.2 Å². The number of nitrogens with zero attached hydrogens (tertiary/aromatic N) is 2. The second-order valence-corrected chi connectivity index (χ2v) is 8.55. The average Bonchev–Trinajstić information content (AvgIpc) is 3.47. The van der Waals surface area contributed by atoms with Gasteiger partial charge >= 0.3 is 0 Å². The van der Waals surface area contributed by atoms with Gasteiger partial charge in [0.2, 0.25) is 0 Å². The number of carbonyl (C=O) groups is 2. The molecule has 1 aromatic heterocycles. The van der Waals surface area contributed by atoms with E-state index in [0.717, 1.165) is 24.0 Å². The van der Waals surface area contributed by atoms with Crippen molar-refractivity contribution in [1.82, 2.24) is 15.2 Å². The molecule has 1 heterocycles. The highest BCUT2D eigenvalue weighted by Crippen LogP contribution is 2.29. The van der Waals surface area contributed by atoms with Crippen LogP contribution in [0.4, 0.5) is 4.39 Å². The summed E-state index contributed by atoms with van der Waals surface area (Å²) in [6, 6.07) is 13.7. The van der Waals surface area contributed by atoms with Gasteiger partial charge in [-0.05, 0) is 61.7 Å². The van der Waals surface area contributed by atoms with Crippen LogP contribution in [0, 0.1) is 12.7 Å². The lowest BCUT2D eigenvalue weighted by molar-refractivity contribution is 0.0788. The van der Waals surface area contributed by atoms with Crippen molar-refractivity contribution >= 4 is 23.2 Å². The summed E-state index contributed by atoms with van der Waals surface area (Å²) < 4.78 is 13.2. The minimum absolute atomic E-state index is 0.0536. The Hall–Kier alpha value is -3.06. The van der Waals surface area contributed by atoms with Gasteiger partial charge in [-0.15, -0.1) is 11.3 Å². The van der Waals surface area contributed by atoms with Crippen LogP contribution in [0.25, 0.3) is 10.6 Å². The Labute approximate surface area is 178 Å². The van der Waals surface area contributed by atoms with E-state index in [9.17, 15) is 14.0 Å². The summed E-state index contributed by atoms with van der Waals surface area (Å²) in [5, 5.41) is 3.66. The number of hydrogen-bond donors (Lipinski definition) is 1. The van der Waals surface area contributed by atoms with Crippen molar-refractivity contribution in [3.05, 3.63) is 76.0 Å². The topological polar surface area (TPSA) is 62.3 Å².